The van der Waals surface area contributed by atoms with Crippen molar-refractivity contribution in [2.75, 3.05) is 13.7 Å². The highest BCUT2D eigenvalue weighted by Crippen LogP contribution is 2.27. The predicted octanol–water partition coefficient (Wildman–Crippen LogP) is 0.563. The molecule has 1 aliphatic heterocycles. The van der Waals surface area contributed by atoms with Gasteiger partial charge in [-0.25, -0.2) is 0 Å². The van der Waals surface area contributed by atoms with Gasteiger partial charge in [0.05, 0.1) is 12.1 Å². The van der Waals surface area contributed by atoms with Crippen molar-refractivity contribution >= 4 is 5.91 Å². The topological polar surface area (TPSA) is 49.8 Å². The predicted molar refractivity (Wildman–Crippen MR) is 65.2 cm³/mol. The average Bonchev–Trinajstić information content (AvgIpc) is 2.31. The molecule has 4 nitrogen and oxygen atoms in total. The second-order valence-electron chi connectivity index (χ2n) is 4.08. The Morgan fingerprint density at radius 2 is 2.47 bits per heavy atom. The van der Waals surface area contributed by atoms with E-state index < -0.39 is 12.2 Å². The van der Waals surface area contributed by atoms with Gasteiger partial charge in [0.15, 0.2) is 6.10 Å². The molecule has 0 radical (unpaired) electrons. The number of rotatable bonds is 7. The normalized spacial score (nSPS) is 25.0. The first-order chi connectivity index (χ1) is 8.17. The SMILES string of the molecule is C#CCCCN1C(=O)[C@H](OC)[C@@H]1[C@H](O)CC=C. The van der Waals surface area contributed by atoms with E-state index in [1.54, 1.807) is 11.0 Å². The maximum Gasteiger partial charge on any atom is 0.254 e. The van der Waals surface area contributed by atoms with Crippen LogP contribution in [0.2, 0.25) is 0 Å². The third-order valence-electron chi connectivity index (χ3n) is 2.97. The Hall–Kier alpha value is -1.31. The number of β-lactam (4-membered cyclic amide) rings is 1. The summed E-state index contributed by atoms with van der Waals surface area (Å²) in [7, 11) is 1.48. The maximum absolute atomic E-state index is 11.7. The molecule has 0 aromatic rings. The van der Waals surface area contributed by atoms with Crippen molar-refractivity contribution in [2.24, 2.45) is 0 Å². The quantitative estimate of drug-likeness (QED) is 0.305. The van der Waals surface area contributed by atoms with Crippen LogP contribution in [-0.2, 0) is 9.53 Å². The number of aliphatic hydroxyl groups excluding tert-OH is 1. The third kappa shape index (κ3) is 2.87. The first kappa shape index (κ1) is 13.8. The molecule has 0 aliphatic carbocycles. The van der Waals surface area contributed by atoms with Crippen molar-refractivity contribution in [1.29, 1.82) is 0 Å². The molecule has 0 spiro atoms. The standard InChI is InChI=1S/C13H19NO3/c1-4-6-7-9-14-11(10(15)8-5-2)12(17-3)13(14)16/h1,5,10-12,15H,2,6-9H2,3H3/t10-,11+,12-/m1/s1. The molecule has 4 heteroatoms. The highest BCUT2D eigenvalue weighted by molar-refractivity contribution is 5.88. The van der Waals surface area contributed by atoms with Gasteiger partial charge in [0.25, 0.3) is 5.91 Å². The van der Waals surface area contributed by atoms with Gasteiger partial charge < -0.3 is 14.7 Å². The summed E-state index contributed by atoms with van der Waals surface area (Å²) in [6, 6.07) is -0.275. The molecule has 17 heavy (non-hydrogen) atoms. The molecule has 1 heterocycles. The van der Waals surface area contributed by atoms with Crippen LogP contribution in [0.3, 0.4) is 0 Å². The van der Waals surface area contributed by atoms with Crippen molar-refractivity contribution in [3.05, 3.63) is 12.7 Å². The lowest BCUT2D eigenvalue weighted by Crippen LogP contribution is -2.69. The Morgan fingerprint density at radius 1 is 1.76 bits per heavy atom. The molecule has 1 rings (SSSR count). The number of terminal acetylenes is 1. The van der Waals surface area contributed by atoms with Gasteiger partial charge in [0.1, 0.15) is 0 Å². The number of aliphatic hydroxyl groups is 1. The van der Waals surface area contributed by atoms with Gasteiger partial charge in [0, 0.05) is 20.1 Å². The number of carbonyl (C=O) groups excluding carboxylic acids is 1. The number of unbranched alkanes of at least 4 members (excludes halogenated alkanes) is 1. The molecule has 0 saturated carbocycles. The summed E-state index contributed by atoms with van der Waals surface area (Å²) < 4.78 is 5.09. The Bertz CT molecular complexity index is 321. The monoisotopic (exact) mass is 237 g/mol. The number of carbonyl (C=O) groups is 1. The van der Waals surface area contributed by atoms with Gasteiger partial charge in [-0.3, -0.25) is 4.79 Å². The summed E-state index contributed by atoms with van der Waals surface area (Å²) >= 11 is 0. The number of nitrogens with zero attached hydrogens (tertiary/aromatic N) is 1. The van der Waals surface area contributed by atoms with Crippen LogP contribution < -0.4 is 0 Å². The lowest BCUT2D eigenvalue weighted by Gasteiger charge is -2.48. The van der Waals surface area contributed by atoms with E-state index in [0.29, 0.717) is 19.4 Å². The van der Waals surface area contributed by atoms with E-state index in [1.807, 2.05) is 0 Å². The van der Waals surface area contributed by atoms with Crippen LogP contribution in [0.5, 0.6) is 0 Å². The molecule has 3 atom stereocenters. The molecular formula is C13H19NO3. The molecule has 1 aliphatic rings. The smallest absolute Gasteiger partial charge is 0.254 e. The number of hydrogen-bond acceptors (Lipinski definition) is 3. The molecule has 0 bridgehead atoms. The van der Waals surface area contributed by atoms with E-state index in [-0.39, 0.29) is 11.9 Å². The largest absolute Gasteiger partial charge is 0.391 e. The van der Waals surface area contributed by atoms with Gasteiger partial charge >= 0.3 is 0 Å². The third-order valence-corrected chi connectivity index (χ3v) is 2.97. The molecule has 94 valence electrons. The summed E-state index contributed by atoms with van der Waals surface area (Å²) in [5.74, 6) is 2.46. The summed E-state index contributed by atoms with van der Waals surface area (Å²) in [4.78, 5) is 13.4. The zero-order chi connectivity index (χ0) is 12.8. The fourth-order valence-electron chi connectivity index (χ4n) is 2.11. The van der Waals surface area contributed by atoms with Crippen LogP contribution in [0.1, 0.15) is 19.3 Å². The average molecular weight is 237 g/mol. The Morgan fingerprint density at radius 3 is 3.00 bits per heavy atom. The van der Waals surface area contributed by atoms with Gasteiger partial charge in [-0.05, 0) is 12.8 Å². The fraction of sp³-hybridized carbons (Fsp3) is 0.615. The number of methoxy groups -OCH3 is 1. The molecular weight excluding hydrogens is 218 g/mol. The van der Waals surface area contributed by atoms with Crippen molar-refractivity contribution in [3.8, 4) is 12.3 Å². The number of likely N-dealkylation sites (tertiary alicyclic amines) is 1. The van der Waals surface area contributed by atoms with Gasteiger partial charge in [0.2, 0.25) is 0 Å². The lowest BCUT2D eigenvalue weighted by atomic mass is 9.90. The summed E-state index contributed by atoms with van der Waals surface area (Å²) in [5, 5.41) is 9.93. The zero-order valence-corrected chi connectivity index (χ0v) is 10.1. The van der Waals surface area contributed by atoms with Gasteiger partial charge in [-0.15, -0.1) is 18.9 Å². The van der Waals surface area contributed by atoms with Crippen LogP contribution in [0.4, 0.5) is 0 Å². The van der Waals surface area contributed by atoms with Gasteiger partial charge in [-0.2, -0.15) is 0 Å². The number of amides is 1. The minimum Gasteiger partial charge on any atom is -0.391 e. The maximum atomic E-state index is 11.7. The van der Waals surface area contributed by atoms with E-state index in [4.69, 9.17) is 11.2 Å². The summed E-state index contributed by atoms with van der Waals surface area (Å²) in [6.45, 7) is 4.15. The molecule has 1 amide bonds. The van der Waals surface area contributed by atoms with Crippen molar-refractivity contribution in [3.63, 3.8) is 0 Å². The van der Waals surface area contributed by atoms with Gasteiger partial charge in [-0.1, -0.05) is 6.08 Å². The van der Waals surface area contributed by atoms with E-state index in [0.717, 1.165) is 6.42 Å². The molecule has 0 aromatic carbocycles. The summed E-state index contributed by atoms with van der Waals surface area (Å²) in [5.41, 5.74) is 0. The van der Waals surface area contributed by atoms with Crippen molar-refractivity contribution < 1.29 is 14.6 Å². The summed E-state index contributed by atoms with van der Waals surface area (Å²) in [6.07, 6.45) is 7.47. The number of hydrogen-bond donors (Lipinski definition) is 1. The molecule has 1 fully saturated rings. The van der Waals surface area contributed by atoms with Crippen LogP contribution in [0.25, 0.3) is 0 Å². The van der Waals surface area contributed by atoms with E-state index in [9.17, 15) is 9.90 Å². The first-order valence-corrected chi connectivity index (χ1v) is 5.73. The molecule has 0 unspecified atom stereocenters. The molecule has 0 aromatic heterocycles. The van der Waals surface area contributed by atoms with E-state index in [1.165, 1.54) is 7.11 Å². The highest BCUT2D eigenvalue weighted by Gasteiger charge is 2.50. The molecule has 1 saturated heterocycles. The van der Waals surface area contributed by atoms with E-state index >= 15 is 0 Å². The second-order valence-corrected chi connectivity index (χ2v) is 4.08. The van der Waals surface area contributed by atoms with Crippen LogP contribution in [0.15, 0.2) is 12.7 Å². The first-order valence-electron chi connectivity index (χ1n) is 5.73. The Balaban J connectivity index is 2.58. The lowest BCUT2D eigenvalue weighted by molar-refractivity contribution is -0.180. The second kappa shape index (κ2) is 6.43. The highest BCUT2D eigenvalue weighted by atomic mass is 16.5. The van der Waals surface area contributed by atoms with Crippen LogP contribution >= 0.6 is 0 Å². The zero-order valence-electron chi connectivity index (χ0n) is 10.1. The number of ether oxygens (including phenoxy) is 1. The van der Waals surface area contributed by atoms with Crippen LogP contribution in [-0.4, -0.2) is 47.8 Å². The Kier molecular flexibility index (Phi) is 5.20. The molecule has 1 N–H and O–H groups in total. The minimum atomic E-state index is -0.624. The van der Waals surface area contributed by atoms with Crippen LogP contribution in [0, 0.1) is 12.3 Å². The van der Waals surface area contributed by atoms with Crippen molar-refractivity contribution in [1.82, 2.24) is 4.90 Å². The Labute approximate surface area is 102 Å². The van der Waals surface area contributed by atoms with E-state index in [2.05, 4.69) is 12.5 Å². The fourth-order valence-corrected chi connectivity index (χ4v) is 2.11. The minimum absolute atomic E-state index is 0.0716. The van der Waals surface area contributed by atoms with Crippen molar-refractivity contribution in [2.45, 2.75) is 37.5 Å².